The van der Waals surface area contributed by atoms with Crippen LogP contribution in [0.1, 0.15) is 5.82 Å². The summed E-state index contributed by atoms with van der Waals surface area (Å²) in [7, 11) is 0. The summed E-state index contributed by atoms with van der Waals surface area (Å²) in [6, 6.07) is 11.9. The van der Waals surface area contributed by atoms with Crippen LogP contribution in [0.2, 0.25) is 0 Å². The van der Waals surface area contributed by atoms with E-state index in [1.807, 2.05) is 36.4 Å². The van der Waals surface area contributed by atoms with Crippen molar-refractivity contribution in [3.8, 4) is 5.75 Å². The van der Waals surface area contributed by atoms with Gasteiger partial charge >= 0.3 is 0 Å². The van der Waals surface area contributed by atoms with E-state index in [-0.39, 0.29) is 18.5 Å². The van der Waals surface area contributed by atoms with Crippen LogP contribution in [0.15, 0.2) is 40.9 Å². The van der Waals surface area contributed by atoms with Gasteiger partial charge in [-0.25, -0.2) is 0 Å². The second-order valence-electron chi connectivity index (χ2n) is 4.41. The van der Waals surface area contributed by atoms with E-state index in [0.29, 0.717) is 5.82 Å². The summed E-state index contributed by atoms with van der Waals surface area (Å²) in [5, 5.41) is 2.22. The number of benzene rings is 2. The number of nitrogen functional groups attached to an aromatic ring is 2. The average Bonchev–Trinajstić information content (AvgIpc) is 2.44. The Balaban J connectivity index is 1.80. The molecule has 0 atom stereocenters. The number of hydrogen-bond donors (Lipinski definition) is 2. The lowest BCUT2D eigenvalue weighted by Gasteiger charge is -2.07. The molecule has 21 heavy (non-hydrogen) atoms. The molecular formula is C14H12BrN5O. The van der Waals surface area contributed by atoms with Gasteiger partial charge in [0.1, 0.15) is 12.4 Å². The van der Waals surface area contributed by atoms with Gasteiger partial charge < -0.3 is 16.2 Å². The van der Waals surface area contributed by atoms with Crippen molar-refractivity contribution in [2.45, 2.75) is 6.61 Å². The highest BCUT2D eigenvalue weighted by molar-refractivity contribution is 9.10. The van der Waals surface area contributed by atoms with Gasteiger partial charge in [-0.15, -0.1) is 0 Å². The first-order valence-corrected chi connectivity index (χ1v) is 6.97. The molecule has 0 aliphatic carbocycles. The Labute approximate surface area is 129 Å². The second kappa shape index (κ2) is 5.53. The molecule has 4 N–H and O–H groups in total. The van der Waals surface area contributed by atoms with Crippen LogP contribution in [0.5, 0.6) is 5.75 Å². The van der Waals surface area contributed by atoms with Crippen molar-refractivity contribution in [2.75, 3.05) is 11.5 Å². The number of ether oxygens (including phenoxy) is 1. The molecule has 0 aliphatic rings. The van der Waals surface area contributed by atoms with E-state index in [2.05, 4.69) is 30.9 Å². The zero-order chi connectivity index (χ0) is 14.8. The third-order valence-corrected chi connectivity index (χ3v) is 3.35. The lowest BCUT2D eigenvalue weighted by molar-refractivity contribution is 0.296. The summed E-state index contributed by atoms with van der Waals surface area (Å²) in [5.74, 6) is 1.30. The van der Waals surface area contributed by atoms with Crippen LogP contribution in [0.25, 0.3) is 10.8 Å². The number of halogens is 1. The van der Waals surface area contributed by atoms with Crippen molar-refractivity contribution in [3.05, 3.63) is 46.7 Å². The van der Waals surface area contributed by atoms with E-state index in [4.69, 9.17) is 16.2 Å². The lowest BCUT2D eigenvalue weighted by Crippen LogP contribution is -2.09. The largest absolute Gasteiger partial charge is 0.486 e. The van der Waals surface area contributed by atoms with Gasteiger partial charge in [0.05, 0.1) is 0 Å². The molecule has 0 saturated carbocycles. The molecule has 0 bridgehead atoms. The Morgan fingerprint density at radius 2 is 1.57 bits per heavy atom. The zero-order valence-corrected chi connectivity index (χ0v) is 12.5. The van der Waals surface area contributed by atoms with Gasteiger partial charge in [-0.2, -0.15) is 15.0 Å². The molecule has 0 amide bonds. The predicted molar refractivity (Wildman–Crippen MR) is 84.6 cm³/mol. The van der Waals surface area contributed by atoms with Crippen molar-refractivity contribution in [1.82, 2.24) is 15.0 Å². The molecule has 0 radical (unpaired) electrons. The van der Waals surface area contributed by atoms with Gasteiger partial charge in [-0.1, -0.05) is 28.1 Å². The summed E-state index contributed by atoms with van der Waals surface area (Å²) in [6.07, 6.45) is 0. The number of hydrogen-bond acceptors (Lipinski definition) is 6. The topological polar surface area (TPSA) is 99.9 Å². The summed E-state index contributed by atoms with van der Waals surface area (Å²) in [5.41, 5.74) is 11.0. The van der Waals surface area contributed by atoms with E-state index < -0.39 is 0 Å². The number of rotatable bonds is 3. The monoisotopic (exact) mass is 345 g/mol. The standard InChI is InChI=1S/C14H12BrN5O/c15-10-3-1-9-6-11(4-2-8(9)5-10)21-7-12-18-13(16)20-14(17)19-12/h1-6H,7H2,(H4,16,17,18,19,20). The number of anilines is 2. The van der Waals surface area contributed by atoms with Crippen molar-refractivity contribution >= 4 is 38.6 Å². The first kappa shape index (κ1) is 13.6. The van der Waals surface area contributed by atoms with Crippen LogP contribution in [0.3, 0.4) is 0 Å². The first-order chi connectivity index (χ1) is 10.1. The van der Waals surface area contributed by atoms with Crippen LogP contribution < -0.4 is 16.2 Å². The van der Waals surface area contributed by atoms with E-state index in [1.54, 1.807) is 0 Å². The minimum atomic E-state index is 0.0875. The maximum Gasteiger partial charge on any atom is 0.225 e. The van der Waals surface area contributed by atoms with Crippen LogP contribution >= 0.6 is 15.9 Å². The van der Waals surface area contributed by atoms with Gasteiger partial charge in [-0.3, -0.25) is 0 Å². The fraction of sp³-hybridized carbons (Fsp3) is 0.0714. The Kier molecular flexibility index (Phi) is 3.57. The minimum Gasteiger partial charge on any atom is -0.486 e. The Hall–Kier alpha value is -2.41. The highest BCUT2D eigenvalue weighted by Gasteiger charge is 2.04. The SMILES string of the molecule is Nc1nc(N)nc(COc2ccc3cc(Br)ccc3c2)n1. The fourth-order valence-corrected chi connectivity index (χ4v) is 2.33. The van der Waals surface area contributed by atoms with Crippen LogP contribution in [0, 0.1) is 0 Å². The van der Waals surface area contributed by atoms with Crippen LogP contribution in [-0.2, 0) is 6.61 Å². The third-order valence-electron chi connectivity index (χ3n) is 2.86. The van der Waals surface area contributed by atoms with Crippen LogP contribution in [0.4, 0.5) is 11.9 Å². The Bertz CT molecular complexity index is 788. The summed E-state index contributed by atoms with van der Waals surface area (Å²) in [6.45, 7) is 0.180. The number of fused-ring (bicyclic) bond motifs is 1. The predicted octanol–water partition coefficient (Wildman–Crippen LogP) is 2.53. The van der Waals surface area contributed by atoms with Crippen molar-refractivity contribution in [1.29, 1.82) is 0 Å². The van der Waals surface area contributed by atoms with Crippen LogP contribution in [-0.4, -0.2) is 15.0 Å². The molecule has 6 nitrogen and oxygen atoms in total. The Morgan fingerprint density at radius 3 is 2.33 bits per heavy atom. The molecule has 0 unspecified atom stereocenters. The van der Waals surface area contributed by atoms with Crippen molar-refractivity contribution < 1.29 is 4.74 Å². The fourth-order valence-electron chi connectivity index (χ4n) is 1.95. The minimum absolute atomic E-state index is 0.0875. The maximum absolute atomic E-state index is 5.66. The third kappa shape index (κ3) is 3.19. The molecule has 1 heterocycles. The van der Waals surface area contributed by atoms with Gasteiger partial charge in [0.25, 0.3) is 0 Å². The van der Waals surface area contributed by atoms with Gasteiger partial charge in [-0.05, 0) is 35.0 Å². The van der Waals surface area contributed by atoms with E-state index in [0.717, 1.165) is 21.0 Å². The van der Waals surface area contributed by atoms with Crippen molar-refractivity contribution in [2.24, 2.45) is 0 Å². The number of aromatic nitrogens is 3. The molecule has 0 spiro atoms. The highest BCUT2D eigenvalue weighted by Crippen LogP contribution is 2.24. The molecular weight excluding hydrogens is 334 g/mol. The summed E-state index contributed by atoms with van der Waals surface area (Å²) >= 11 is 3.45. The molecule has 106 valence electrons. The molecule has 1 aromatic heterocycles. The summed E-state index contributed by atoms with van der Waals surface area (Å²) < 4.78 is 6.71. The molecule has 0 aliphatic heterocycles. The van der Waals surface area contributed by atoms with E-state index >= 15 is 0 Å². The van der Waals surface area contributed by atoms with Crippen molar-refractivity contribution in [3.63, 3.8) is 0 Å². The highest BCUT2D eigenvalue weighted by atomic mass is 79.9. The quantitative estimate of drug-likeness (QED) is 0.756. The number of nitrogens with two attached hydrogens (primary N) is 2. The molecule has 0 saturated heterocycles. The van der Waals surface area contributed by atoms with Gasteiger partial charge in [0, 0.05) is 4.47 Å². The second-order valence-corrected chi connectivity index (χ2v) is 5.33. The van der Waals surface area contributed by atoms with E-state index in [9.17, 15) is 0 Å². The first-order valence-electron chi connectivity index (χ1n) is 6.18. The average molecular weight is 346 g/mol. The molecule has 2 aromatic carbocycles. The van der Waals surface area contributed by atoms with Gasteiger partial charge in [0.15, 0.2) is 5.82 Å². The Morgan fingerprint density at radius 1 is 0.905 bits per heavy atom. The molecule has 3 rings (SSSR count). The smallest absolute Gasteiger partial charge is 0.225 e. The number of nitrogens with zero attached hydrogens (tertiary/aromatic N) is 3. The lowest BCUT2D eigenvalue weighted by atomic mass is 10.1. The molecule has 0 fully saturated rings. The maximum atomic E-state index is 5.66. The van der Waals surface area contributed by atoms with Gasteiger partial charge in [0.2, 0.25) is 11.9 Å². The molecule has 7 heteroatoms. The van der Waals surface area contributed by atoms with E-state index in [1.165, 1.54) is 0 Å². The molecule has 3 aromatic rings. The summed E-state index contributed by atoms with van der Waals surface area (Å²) in [4.78, 5) is 11.6. The zero-order valence-electron chi connectivity index (χ0n) is 11.0. The normalized spacial score (nSPS) is 10.7.